The summed E-state index contributed by atoms with van der Waals surface area (Å²) in [5.41, 5.74) is 4.64. The summed E-state index contributed by atoms with van der Waals surface area (Å²) in [7, 11) is -1.44. The number of alkyl halides is 2. The Labute approximate surface area is 226 Å². The van der Waals surface area contributed by atoms with E-state index in [4.69, 9.17) is 0 Å². The van der Waals surface area contributed by atoms with E-state index in [0.717, 1.165) is 27.8 Å². The van der Waals surface area contributed by atoms with E-state index < -0.39 is 21.9 Å². The lowest BCUT2D eigenvalue weighted by Gasteiger charge is -2.40. The Kier molecular flexibility index (Phi) is 6.55. The number of thiazole rings is 1. The second-order valence-electron chi connectivity index (χ2n) is 10.9. The van der Waals surface area contributed by atoms with E-state index >= 15 is 0 Å². The van der Waals surface area contributed by atoms with Crippen molar-refractivity contribution >= 4 is 37.4 Å². The fourth-order valence-electron chi connectivity index (χ4n) is 6.14. The molecule has 38 heavy (non-hydrogen) atoms. The molecule has 0 N–H and O–H groups in total. The van der Waals surface area contributed by atoms with Crippen LogP contribution in [0.1, 0.15) is 43.2 Å². The van der Waals surface area contributed by atoms with Crippen molar-refractivity contribution in [3.63, 3.8) is 0 Å². The molecule has 202 valence electrons. The molecule has 0 bridgehead atoms. The summed E-state index contributed by atoms with van der Waals surface area (Å²) in [6.45, 7) is 2.84. The summed E-state index contributed by atoms with van der Waals surface area (Å²) in [6, 6.07) is 12.6. The van der Waals surface area contributed by atoms with Gasteiger partial charge in [-0.05, 0) is 67.9 Å². The van der Waals surface area contributed by atoms with E-state index in [-0.39, 0.29) is 43.6 Å². The number of halogens is 2. The number of hydrogen-bond acceptors (Lipinski definition) is 5. The Morgan fingerprint density at radius 1 is 1.21 bits per heavy atom. The number of amides is 1. The third kappa shape index (κ3) is 4.64. The highest BCUT2D eigenvalue weighted by Gasteiger charge is 2.59. The maximum Gasteiger partial charge on any atom is 0.248 e. The fraction of sp³-hybridized carbons (Fsp3) is 0.500. The molecular formula is C28H32F2N4O2S2. The van der Waals surface area contributed by atoms with Crippen LogP contribution in [0, 0.1) is 18.8 Å². The zero-order valence-corrected chi connectivity index (χ0v) is 23.2. The molecule has 2 aromatic carbocycles. The number of benzene rings is 2. The Morgan fingerprint density at radius 2 is 1.95 bits per heavy atom. The van der Waals surface area contributed by atoms with Gasteiger partial charge in [0.1, 0.15) is 16.0 Å². The Morgan fingerprint density at radius 3 is 2.66 bits per heavy atom. The molecule has 2 heterocycles. The molecular weight excluding hydrogens is 526 g/mol. The fourth-order valence-corrected chi connectivity index (χ4v) is 8.93. The minimum absolute atomic E-state index is 0.115. The Hall–Kier alpha value is -2.43. The second kappa shape index (κ2) is 9.64. The van der Waals surface area contributed by atoms with Gasteiger partial charge in [0, 0.05) is 39.0 Å². The highest BCUT2D eigenvalue weighted by atomic mass is 32.2. The number of nitrogens with zero attached hydrogens (tertiary/aromatic N) is 4. The van der Waals surface area contributed by atoms with Gasteiger partial charge in [0.05, 0.1) is 20.6 Å². The van der Waals surface area contributed by atoms with Crippen LogP contribution < -0.4 is 0 Å². The normalized spacial score (nSPS) is 26.6. The number of carbonyl (C=O) groups excluding carboxylic acids is 1. The predicted molar refractivity (Wildman–Crippen MR) is 145 cm³/mol. The third-order valence-corrected chi connectivity index (χ3v) is 11.6. The van der Waals surface area contributed by atoms with Gasteiger partial charge in [0.2, 0.25) is 11.8 Å². The lowest BCUT2D eigenvalue weighted by atomic mass is 9.90. The zero-order chi connectivity index (χ0) is 26.7. The topological polar surface area (TPSA) is 65.9 Å². The van der Waals surface area contributed by atoms with Crippen LogP contribution in [-0.2, 0) is 21.3 Å². The largest absolute Gasteiger partial charge is 0.334 e. The van der Waals surface area contributed by atoms with Crippen LogP contribution in [0.2, 0.25) is 0 Å². The summed E-state index contributed by atoms with van der Waals surface area (Å²) in [5.74, 6) is -2.39. The van der Waals surface area contributed by atoms with Crippen molar-refractivity contribution in [3.8, 4) is 0 Å². The summed E-state index contributed by atoms with van der Waals surface area (Å²) >= 11 is 1.56. The zero-order valence-electron chi connectivity index (χ0n) is 21.6. The first-order valence-electron chi connectivity index (χ1n) is 13.2. The lowest BCUT2D eigenvalue weighted by Crippen LogP contribution is -2.53. The number of rotatable bonds is 6. The Bertz CT molecular complexity index is 1470. The van der Waals surface area contributed by atoms with Gasteiger partial charge in [-0.15, -0.1) is 11.3 Å². The third-order valence-electron chi connectivity index (χ3n) is 8.41. The van der Waals surface area contributed by atoms with Crippen LogP contribution in [0.15, 0.2) is 57.2 Å². The van der Waals surface area contributed by atoms with Gasteiger partial charge in [0.15, 0.2) is 0 Å². The molecule has 3 aromatic rings. The first-order valence-corrected chi connectivity index (χ1v) is 15.5. The van der Waals surface area contributed by atoms with Gasteiger partial charge in [-0.3, -0.25) is 4.79 Å². The molecule has 3 fully saturated rings. The number of aryl methyl sites for hydroxylation is 1. The maximum absolute atomic E-state index is 14.4. The van der Waals surface area contributed by atoms with Crippen molar-refractivity contribution in [2.75, 3.05) is 13.6 Å². The smallest absolute Gasteiger partial charge is 0.248 e. The highest BCUT2D eigenvalue weighted by molar-refractivity contribution is 7.91. The monoisotopic (exact) mass is 558 g/mol. The van der Waals surface area contributed by atoms with Crippen molar-refractivity contribution in [1.29, 1.82) is 0 Å². The summed E-state index contributed by atoms with van der Waals surface area (Å²) in [4.78, 5) is 21.2. The minimum atomic E-state index is -2.99. The van der Waals surface area contributed by atoms with Gasteiger partial charge in [0.25, 0.3) is 0 Å². The van der Waals surface area contributed by atoms with Crippen molar-refractivity contribution in [2.45, 2.75) is 68.5 Å². The number of hydrogen-bond donors (Lipinski definition) is 0. The molecule has 2 aliphatic carbocycles. The Balaban J connectivity index is 1.34. The van der Waals surface area contributed by atoms with Gasteiger partial charge >= 0.3 is 0 Å². The molecule has 2 saturated carbocycles. The highest BCUT2D eigenvalue weighted by Crippen LogP contribution is 2.52. The van der Waals surface area contributed by atoms with E-state index in [2.05, 4.69) is 9.35 Å². The summed E-state index contributed by atoms with van der Waals surface area (Å²) < 4.78 is 49.8. The van der Waals surface area contributed by atoms with Crippen molar-refractivity contribution < 1.29 is 17.8 Å². The molecule has 1 aromatic heterocycles. The van der Waals surface area contributed by atoms with Crippen molar-refractivity contribution in [1.82, 2.24) is 14.2 Å². The van der Waals surface area contributed by atoms with E-state index in [0.29, 0.717) is 23.9 Å². The molecule has 0 spiro atoms. The molecule has 1 aliphatic heterocycles. The SMILES string of the molecule is CN=[S@](=O)(c1ccc(C)cc1)N1C[C@H]2C[C@H]2[C@H]1C(=O)N(Cc1ccc2scnc2c1)C1CCC(F)(F)CC1. The number of carbonyl (C=O) groups is 1. The van der Waals surface area contributed by atoms with Crippen LogP contribution in [0.5, 0.6) is 0 Å². The minimum Gasteiger partial charge on any atom is -0.334 e. The average molecular weight is 559 g/mol. The van der Waals surface area contributed by atoms with Crippen LogP contribution in [0.4, 0.5) is 8.78 Å². The molecule has 0 unspecified atom stereocenters. The molecule has 3 aliphatic rings. The van der Waals surface area contributed by atoms with Crippen LogP contribution in [-0.4, -0.2) is 55.9 Å². The first-order chi connectivity index (χ1) is 18.2. The van der Waals surface area contributed by atoms with Crippen molar-refractivity contribution in [3.05, 3.63) is 59.1 Å². The molecule has 10 heteroatoms. The van der Waals surface area contributed by atoms with Gasteiger partial charge < -0.3 is 4.90 Å². The molecule has 1 amide bonds. The molecule has 0 radical (unpaired) electrons. The quantitative estimate of drug-likeness (QED) is 0.378. The van der Waals surface area contributed by atoms with Gasteiger partial charge in [-0.2, -0.15) is 0 Å². The molecule has 4 atom stereocenters. The summed E-state index contributed by atoms with van der Waals surface area (Å²) in [6.07, 6.45) is 0.976. The lowest BCUT2D eigenvalue weighted by molar-refractivity contribution is -0.141. The van der Waals surface area contributed by atoms with Gasteiger partial charge in [-0.25, -0.2) is 26.6 Å². The van der Waals surface area contributed by atoms with E-state index in [9.17, 15) is 17.8 Å². The molecule has 6 nitrogen and oxygen atoms in total. The van der Waals surface area contributed by atoms with Crippen LogP contribution >= 0.6 is 11.3 Å². The van der Waals surface area contributed by atoms with Crippen LogP contribution in [0.3, 0.4) is 0 Å². The average Bonchev–Trinajstić information content (AvgIpc) is 3.32. The summed E-state index contributed by atoms with van der Waals surface area (Å²) in [5, 5.41) is 0. The van der Waals surface area contributed by atoms with Crippen molar-refractivity contribution in [2.24, 2.45) is 16.2 Å². The number of piperidine rings is 1. The van der Waals surface area contributed by atoms with Gasteiger partial charge in [-0.1, -0.05) is 23.8 Å². The second-order valence-corrected chi connectivity index (χ2v) is 14.1. The predicted octanol–water partition coefficient (Wildman–Crippen LogP) is 5.90. The molecule has 6 rings (SSSR count). The van der Waals surface area contributed by atoms with E-state index in [1.807, 2.05) is 53.7 Å². The molecule has 1 saturated heterocycles. The first kappa shape index (κ1) is 25.8. The number of aromatic nitrogens is 1. The number of fused-ring (bicyclic) bond motifs is 2. The van der Waals surface area contributed by atoms with Crippen LogP contribution in [0.25, 0.3) is 10.2 Å². The van der Waals surface area contributed by atoms with E-state index in [1.54, 1.807) is 28.8 Å². The van der Waals surface area contributed by atoms with E-state index in [1.165, 1.54) is 0 Å². The standard InChI is InChI=1S/C28H32F2N4O2S2/c1-18-3-6-22(7-4-18)38(36,31-2)34-16-20-14-23(20)26(34)27(35)33(21-9-11-28(29,30)12-10-21)15-19-5-8-25-24(13-19)32-17-37-25/h3-8,13,17,20-21,23,26H,9-12,14-16H2,1-2H3/t20-,23-,26+,38-/m1/s1. The maximum atomic E-state index is 14.4.